The summed E-state index contributed by atoms with van der Waals surface area (Å²) in [5, 5.41) is 3.36. The highest BCUT2D eigenvalue weighted by molar-refractivity contribution is 5.18. The third kappa shape index (κ3) is 4.96. The van der Waals surface area contributed by atoms with Crippen LogP contribution in [-0.4, -0.2) is 26.8 Å². The standard InChI is InChI=1S/C13H21NO/c1-12(8-9-14-10-11-15-2)13-6-4-3-5-7-13/h3-7,12,14H,8-11H2,1-2H3. The number of hydrogen-bond acceptors (Lipinski definition) is 2. The first kappa shape index (κ1) is 12.2. The monoisotopic (exact) mass is 207 g/mol. The van der Waals surface area contributed by atoms with Crippen molar-refractivity contribution in [3.05, 3.63) is 35.9 Å². The van der Waals surface area contributed by atoms with Crippen molar-refractivity contribution in [3.63, 3.8) is 0 Å². The zero-order valence-corrected chi connectivity index (χ0v) is 9.70. The highest BCUT2D eigenvalue weighted by Gasteiger charge is 2.03. The molecule has 0 aliphatic rings. The first-order chi connectivity index (χ1) is 7.34. The summed E-state index contributed by atoms with van der Waals surface area (Å²) in [5.74, 6) is 0.626. The molecule has 0 aromatic heterocycles. The molecule has 1 aromatic rings. The van der Waals surface area contributed by atoms with Crippen molar-refractivity contribution in [2.75, 3.05) is 26.8 Å². The molecule has 0 saturated carbocycles. The molecular formula is C13H21NO. The number of benzene rings is 1. The summed E-state index contributed by atoms with van der Waals surface area (Å²) in [6.07, 6.45) is 1.17. The first-order valence-corrected chi connectivity index (χ1v) is 5.59. The van der Waals surface area contributed by atoms with Gasteiger partial charge in [-0.15, -0.1) is 0 Å². The Kier molecular flexibility index (Phi) is 6.05. The summed E-state index contributed by atoms with van der Waals surface area (Å²) in [5.41, 5.74) is 1.42. The second kappa shape index (κ2) is 7.43. The van der Waals surface area contributed by atoms with Gasteiger partial charge in [0.15, 0.2) is 0 Å². The van der Waals surface area contributed by atoms with Crippen LogP contribution in [0.4, 0.5) is 0 Å². The molecule has 0 aliphatic heterocycles. The van der Waals surface area contributed by atoms with E-state index in [0.29, 0.717) is 5.92 Å². The Morgan fingerprint density at radius 3 is 2.60 bits per heavy atom. The Morgan fingerprint density at radius 1 is 1.20 bits per heavy atom. The third-order valence-corrected chi connectivity index (χ3v) is 2.61. The van der Waals surface area contributed by atoms with Gasteiger partial charge < -0.3 is 10.1 Å². The van der Waals surface area contributed by atoms with Gasteiger partial charge in [-0.3, -0.25) is 0 Å². The van der Waals surface area contributed by atoms with E-state index in [9.17, 15) is 0 Å². The van der Waals surface area contributed by atoms with E-state index in [-0.39, 0.29) is 0 Å². The van der Waals surface area contributed by atoms with Crippen LogP contribution < -0.4 is 5.32 Å². The highest BCUT2D eigenvalue weighted by Crippen LogP contribution is 2.17. The van der Waals surface area contributed by atoms with E-state index in [4.69, 9.17) is 4.74 Å². The second-order valence-electron chi connectivity index (χ2n) is 3.84. The van der Waals surface area contributed by atoms with Gasteiger partial charge in [0.1, 0.15) is 0 Å². The van der Waals surface area contributed by atoms with E-state index in [1.165, 1.54) is 12.0 Å². The van der Waals surface area contributed by atoms with Crippen LogP contribution >= 0.6 is 0 Å². The average Bonchev–Trinajstić information content (AvgIpc) is 2.30. The van der Waals surface area contributed by atoms with E-state index < -0.39 is 0 Å². The quantitative estimate of drug-likeness (QED) is 0.693. The van der Waals surface area contributed by atoms with Gasteiger partial charge in [0.05, 0.1) is 6.61 Å². The van der Waals surface area contributed by atoms with Crippen LogP contribution in [-0.2, 0) is 4.74 Å². The largest absolute Gasteiger partial charge is 0.383 e. The van der Waals surface area contributed by atoms with Crippen molar-refractivity contribution in [1.82, 2.24) is 5.32 Å². The van der Waals surface area contributed by atoms with Gasteiger partial charge in [-0.25, -0.2) is 0 Å². The van der Waals surface area contributed by atoms with E-state index in [1.807, 2.05) is 0 Å². The molecule has 0 bridgehead atoms. The zero-order valence-electron chi connectivity index (χ0n) is 9.70. The zero-order chi connectivity index (χ0) is 10.9. The van der Waals surface area contributed by atoms with Crippen LogP contribution in [0.1, 0.15) is 24.8 Å². The second-order valence-corrected chi connectivity index (χ2v) is 3.84. The van der Waals surface area contributed by atoms with Gasteiger partial charge in [0, 0.05) is 13.7 Å². The molecule has 1 rings (SSSR count). The van der Waals surface area contributed by atoms with Crippen LogP contribution in [0.25, 0.3) is 0 Å². The summed E-state index contributed by atoms with van der Waals surface area (Å²) in [7, 11) is 1.73. The highest BCUT2D eigenvalue weighted by atomic mass is 16.5. The van der Waals surface area contributed by atoms with Gasteiger partial charge in [-0.05, 0) is 24.4 Å². The molecule has 2 heteroatoms. The summed E-state index contributed by atoms with van der Waals surface area (Å²) in [6, 6.07) is 10.7. The van der Waals surface area contributed by atoms with Crippen LogP contribution in [0, 0.1) is 0 Å². The molecular weight excluding hydrogens is 186 g/mol. The predicted molar refractivity (Wildman–Crippen MR) is 64.2 cm³/mol. The molecule has 0 saturated heterocycles. The topological polar surface area (TPSA) is 21.3 Å². The number of rotatable bonds is 7. The number of hydrogen-bond donors (Lipinski definition) is 1. The van der Waals surface area contributed by atoms with E-state index in [2.05, 4.69) is 42.6 Å². The molecule has 0 amide bonds. The lowest BCUT2D eigenvalue weighted by Gasteiger charge is -2.12. The Hall–Kier alpha value is -0.860. The molecule has 0 radical (unpaired) electrons. The van der Waals surface area contributed by atoms with Crippen LogP contribution in [0.5, 0.6) is 0 Å². The first-order valence-electron chi connectivity index (χ1n) is 5.59. The smallest absolute Gasteiger partial charge is 0.0587 e. The van der Waals surface area contributed by atoms with E-state index >= 15 is 0 Å². The molecule has 0 heterocycles. The van der Waals surface area contributed by atoms with Gasteiger partial charge >= 0.3 is 0 Å². The predicted octanol–water partition coefficient (Wildman–Crippen LogP) is 2.42. The molecule has 1 N–H and O–H groups in total. The summed E-state index contributed by atoms with van der Waals surface area (Å²) >= 11 is 0. The Balaban J connectivity index is 2.16. The Morgan fingerprint density at radius 2 is 1.93 bits per heavy atom. The Labute approximate surface area is 92.6 Å². The van der Waals surface area contributed by atoms with Crippen LogP contribution in [0.2, 0.25) is 0 Å². The van der Waals surface area contributed by atoms with Crippen LogP contribution in [0.15, 0.2) is 30.3 Å². The molecule has 84 valence electrons. The van der Waals surface area contributed by atoms with Crippen molar-refractivity contribution in [1.29, 1.82) is 0 Å². The minimum Gasteiger partial charge on any atom is -0.383 e. The number of nitrogens with one attached hydrogen (secondary N) is 1. The lowest BCUT2D eigenvalue weighted by Crippen LogP contribution is -2.21. The fraction of sp³-hybridized carbons (Fsp3) is 0.538. The SMILES string of the molecule is COCCNCCC(C)c1ccccc1. The lowest BCUT2D eigenvalue weighted by molar-refractivity contribution is 0.199. The fourth-order valence-electron chi connectivity index (χ4n) is 1.57. The summed E-state index contributed by atoms with van der Waals surface area (Å²) in [6.45, 7) is 5.06. The lowest BCUT2D eigenvalue weighted by atomic mass is 9.98. The van der Waals surface area contributed by atoms with Gasteiger partial charge in [-0.2, -0.15) is 0 Å². The van der Waals surface area contributed by atoms with Crippen LogP contribution in [0.3, 0.4) is 0 Å². The molecule has 0 aliphatic carbocycles. The van der Waals surface area contributed by atoms with Gasteiger partial charge in [0.25, 0.3) is 0 Å². The third-order valence-electron chi connectivity index (χ3n) is 2.61. The summed E-state index contributed by atoms with van der Waals surface area (Å²) in [4.78, 5) is 0. The van der Waals surface area contributed by atoms with Crippen molar-refractivity contribution in [3.8, 4) is 0 Å². The minimum absolute atomic E-state index is 0.626. The number of methoxy groups -OCH3 is 1. The fourth-order valence-corrected chi connectivity index (χ4v) is 1.57. The average molecular weight is 207 g/mol. The molecule has 2 nitrogen and oxygen atoms in total. The molecule has 0 fully saturated rings. The number of ether oxygens (including phenoxy) is 1. The van der Waals surface area contributed by atoms with Crippen molar-refractivity contribution < 1.29 is 4.74 Å². The van der Waals surface area contributed by atoms with Crippen molar-refractivity contribution in [2.45, 2.75) is 19.3 Å². The maximum atomic E-state index is 4.97. The molecule has 1 aromatic carbocycles. The van der Waals surface area contributed by atoms with Gasteiger partial charge in [-0.1, -0.05) is 37.3 Å². The van der Waals surface area contributed by atoms with Crippen molar-refractivity contribution in [2.24, 2.45) is 0 Å². The maximum Gasteiger partial charge on any atom is 0.0587 e. The van der Waals surface area contributed by atoms with Gasteiger partial charge in [0.2, 0.25) is 0 Å². The summed E-state index contributed by atoms with van der Waals surface area (Å²) < 4.78 is 4.97. The normalized spacial score (nSPS) is 12.7. The minimum atomic E-state index is 0.626. The Bertz CT molecular complexity index is 248. The van der Waals surface area contributed by atoms with E-state index in [1.54, 1.807) is 7.11 Å². The van der Waals surface area contributed by atoms with Crippen molar-refractivity contribution >= 4 is 0 Å². The molecule has 1 atom stereocenters. The molecule has 1 unspecified atom stereocenters. The van der Waals surface area contributed by atoms with E-state index in [0.717, 1.165) is 19.7 Å². The maximum absolute atomic E-state index is 4.97. The molecule has 15 heavy (non-hydrogen) atoms. The molecule has 0 spiro atoms.